The van der Waals surface area contributed by atoms with Crippen molar-refractivity contribution < 1.29 is 9.15 Å². The van der Waals surface area contributed by atoms with E-state index in [0.29, 0.717) is 0 Å². The molecule has 0 radical (unpaired) electrons. The first-order valence-corrected chi connectivity index (χ1v) is 20.9. The molecule has 5 heteroatoms. The molecule has 4 nitrogen and oxygen atoms in total. The van der Waals surface area contributed by atoms with E-state index in [9.17, 15) is 0 Å². The van der Waals surface area contributed by atoms with Gasteiger partial charge in [0.15, 0.2) is 5.75 Å². The number of aryl methyl sites for hydroxylation is 3. The lowest BCUT2D eigenvalue weighted by Gasteiger charge is -2.42. The summed E-state index contributed by atoms with van der Waals surface area (Å²) in [7, 11) is 0. The summed E-state index contributed by atoms with van der Waals surface area (Å²) in [4.78, 5) is 4.98. The van der Waals surface area contributed by atoms with Gasteiger partial charge in [-0.25, -0.2) is 0 Å². The van der Waals surface area contributed by atoms with Crippen molar-refractivity contribution in [2.45, 2.75) is 66.2 Å². The summed E-state index contributed by atoms with van der Waals surface area (Å²) in [5.41, 5.74) is 20.6. The third-order valence-electron chi connectivity index (χ3n) is 13.0. The number of furan rings is 1. The first-order valence-electron chi connectivity index (χ1n) is 20.9. The van der Waals surface area contributed by atoms with Gasteiger partial charge in [-0.3, -0.25) is 0 Å². The number of benzene rings is 7. The highest BCUT2D eigenvalue weighted by molar-refractivity contribution is 6.99. The summed E-state index contributed by atoms with van der Waals surface area (Å²) in [5.74, 6) is 1.70. The van der Waals surface area contributed by atoms with E-state index in [4.69, 9.17) is 9.15 Å². The quantitative estimate of drug-likeness (QED) is 0.167. The number of hydrogen-bond donors (Lipinski definition) is 0. The lowest BCUT2D eigenvalue weighted by atomic mass is 9.34. The Balaban J connectivity index is 1.31. The molecule has 7 aromatic carbocycles. The van der Waals surface area contributed by atoms with Crippen LogP contribution in [0.25, 0.3) is 22.1 Å². The molecule has 288 valence electrons. The van der Waals surface area contributed by atoms with Crippen molar-refractivity contribution >= 4 is 68.4 Å². The molecule has 0 N–H and O–H groups in total. The fourth-order valence-electron chi connectivity index (χ4n) is 10.1. The van der Waals surface area contributed by atoms with Gasteiger partial charge in [0.05, 0.1) is 11.1 Å². The van der Waals surface area contributed by atoms with Gasteiger partial charge < -0.3 is 19.0 Å². The zero-order valence-corrected chi connectivity index (χ0v) is 35.1. The average Bonchev–Trinajstić information content (AvgIpc) is 3.71. The molecule has 3 aliphatic rings. The number of anilines is 6. The summed E-state index contributed by atoms with van der Waals surface area (Å²) in [6.07, 6.45) is 0. The normalized spacial score (nSPS) is 14.3. The zero-order chi connectivity index (χ0) is 40.5. The Morgan fingerprint density at radius 2 is 1.27 bits per heavy atom. The van der Waals surface area contributed by atoms with Crippen LogP contribution in [-0.2, 0) is 10.8 Å². The van der Waals surface area contributed by atoms with Gasteiger partial charge in [-0.2, -0.15) is 0 Å². The lowest BCUT2D eigenvalue weighted by Crippen LogP contribution is -2.61. The van der Waals surface area contributed by atoms with Crippen molar-refractivity contribution in [2.75, 3.05) is 9.80 Å². The van der Waals surface area contributed by atoms with Gasteiger partial charge in [-0.15, -0.1) is 0 Å². The first kappa shape index (κ1) is 35.7. The Hall–Kier alpha value is -6.46. The molecule has 2 aliphatic heterocycles. The predicted molar refractivity (Wildman–Crippen MR) is 247 cm³/mol. The van der Waals surface area contributed by atoms with Crippen LogP contribution in [0.2, 0.25) is 0 Å². The molecule has 0 saturated carbocycles. The Morgan fingerprint density at radius 1 is 0.644 bits per heavy atom. The van der Waals surface area contributed by atoms with Crippen LogP contribution >= 0.6 is 0 Å². The van der Waals surface area contributed by atoms with Crippen LogP contribution in [0, 0.1) is 20.8 Å². The maximum atomic E-state index is 7.02. The lowest BCUT2D eigenvalue weighted by molar-refractivity contribution is 0.481. The van der Waals surface area contributed by atoms with Crippen LogP contribution < -0.4 is 31.1 Å². The number of rotatable bonds is 4. The van der Waals surface area contributed by atoms with Gasteiger partial charge >= 0.3 is 6.71 Å². The smallest absolute Gasteiger partial charge is 0.302 e. The second kappa shape index (κ2) is 12.5. The molecule has 11 rings (SSSR count). The summed E-state index contributed by atoms with van der Waals surface area (Å²) in [6.45, 7) is 18.0. The van der Waals surface area contributed by atoms with E-state index >= 15 is 0 Å². The number of para-hydroxylation sites is 1. The van der Waals surface area contributed by atoms with E-state index in [1.165, 1.54) is 44.4 Å². The minimum Gasteiger partial charge on any atom is -0.466 e. The topological polar surface area (TPSA) is 28.9 Å². The molecule has 0 fully saturated rings. The van der Waals surface area contributed by atoms with Crippen molar-refractivity contribution in [3.63, 3.8) is 0 Å². The second-order valence-electron chi connectivity index (χ2n) is 18.4. The monoisotopic (exact) mass is 766 g/mol. The molecule has 1 aromatic heterocycles. The van der Waals surface area contributed by atoms with Gasteiger partial charge in [0, 0.05) is 44.9 Å². The molecule has 0 spiro atoms. The molecule has 1 aliphatic carbocycles. The zero-order valence-electron chi connectivity index (χ0n) is 35.1. The molecule has 0 bridgehead atoms. The summed E-state index contributed by atoms with van der Waals surface area (Å²) < 4.78 is 14.0. The van der Waals surface area contributed by atoms with E-state index in [1.807, 2.05) is 6.07 Å². The van der Waals surface area contributed by atoms with E-state index < -0.39 is 0 Å². The highest BCUT2D eigenvalue weighted by Gasteiger charge is 2.51. The van der Waals surface area contributed by atoms with E-state index in [0.717, 1.165) is 73.3 Å². The molecule has 0 atom stereocenters. The molecule has 8 aromatic rings. The SMILES string of the molecule is Cc1ccc(N(c2ccc(C)cc2)c2cc3c(c4c2-c2ccccc2C4(C)C)B2c4oc5ccccc5c4Oc4cc(C)cc(c42)N3c2ccc(C(C)(C)C)cc2)cc1. The van der Waals surface area contributed by atoms with Gasteiger partial charge in [0.1, 0.15) is 17.0 Å². The van der Waals surface area contributed by atoms with Crippen LogP contribution in [0.5, 0.6) is 11.5 Å². The van der Waals surface area contributed by atoms with E-state index in [1.54, 1.807) is 0 Å². The molecular formula is C54H47BN2O2. The third kappa shape index (κ3) is 5.23. The molecule has 0 saturated heterocycles. The highest BCUT2D eigenvalue weighted by atomic mass is 16.5. The van der Waals surface area contributed by atoms with Crippen LogP contribution in [-0.4, -0.2) is 6.71 Å². The van der Waals surface area contributed by atoms with Gasteiger partial charge in [-0.1, -0.05) is 119 Å². The fourth-order valence-corrected chi connectivity index (χ4v) is 10.1. The van der Waals surface area contributed by atoms with Gasteiger partial charge in [0.25, 0.3) is 0 Å². The molecule has 0 unspecified atom stereocenters. The van der Waals surface area contributed by atoms with Gasteiger partial charge in [0.2, 0.25) is 0 Å². The van der Waals surface area contributed by atoms with Crippen LogP contribution in [0.15, 0.2) is 144 Å². The van der Waals surface area contributed by atoms with Crippen molar-refractivity contribution in [3.05, 3.63) is 173 Å². The van der Waals surface area contributed by atoms with Crippen molar-refractivity contribution in [1.29, 1.82) is 0 Å². The Bertz CT molecular complexity index is 2960. The highest BCUT2D eigenvalue weighted by Crippen LogP contribution is 2.57. The minimum atomic E-state index is -0.354. The number of fused-ring (bicyclic) bond motifs is 10. The Morgan fingerprint density at radius 3 is 1.95 bits per heavy atom. The molecule has 3 heterocycles. The summed E-state index contributed by atoms with van der Waals surface area (Å²) in [6, 6.07) is 51.6. The molecule has 59 heavy (non-hydrogen) atoms. The fraction of sp³-hybridized carbons (Fsp3) is 0.185. The molecular weight excluding hydrogens is 719 g/mol. The van der Waals surface area contributed by atoms with Crippen LogP contribution in [0.4, 0.5) is 34.1 Å². The van der Waals surface area contributed by atoms with Gasteiger partial charge in [-0.05, 0) is 126 Å². The first-order chi connectivity index (χ1) is 28.4. The standard InChI is InChI=1S/C54H47BN2O2/c1-32-17-23-36(24-18-32)56(37-25-19-33(2)20-26-37)42-31-44-50(48-47(42)39-13-9-11-15-41(39)54(48,7)8)55-49-43(57(44)38-27-21-35(22-28-38)53(4,5)6)29-34(3)30-46(49)58-51-40-14-10-12-16-45(40)59-52(51)55/h9-31H,1-8H3. The Kier molecular flexibility index (Phi) is 7.57. The maximum absolute atomic E-state index is 7.02. The predicted octanol–water partition coefficient (Wildman–Crippen LogP) is 12.8. The summed E-state index contributed by atoms with van der Waals surface area (Å²) in [5, 5.41) is 0.999. The third-order valence-corrected chi connectivity index (χ3v) is 13.0. The van der Waals surface area contributed by atoms with Crippen molar-refractivity contribution in [3.8, 4) is 22.6 Å². The minimum absolute atomic E-state index is 0.0177. The van der Waals surface area contributed by atoms with Crippen LogP contribution in [0.1, 0.15) is 68.0 Å². The van der Waals surface area contributed by atoms with E-state index in [-0.39, 0.29) is 17.5 Å². The number of hydrogen-bond acceptors (Lipinski definition) is 4. The largest absolute Gasteiger partial charge is 0.466 e. The number of ether oxygens (including phenoxy) is 1. The molecule has 0 amide bonds. The van der Waals surface area contributed by atoms with Crippen molar-refractivity contribution in [1.82, 2.24) is 0 Å². The van der Waals surface area contributed by atoms with Crippen LogP contribution in [0.3, 0.4) is 0 Å². The summed E-state index contributed by atoms with van der Waals surface area (Å²) >= 11 is 0. The van der Waals surface area contributed by atoms with Crippen molar-refractivity contribution in [2.24, 2.45) is 0 Å². The number of nitrogens with zero attached hydrogens (tertiary/aromatic N) is 2. The second-order valence-corrected chi connectivity index (χ2v) is 18.4. The Labute approximate surface area is 347 Å². The maximum Gasteiger partial charge on any atom is 0.302 e. The average molecular weight is 767 g/mol. The van der Waals surface area contributed by atoms with E-state index in [2.05, 4.69) is 199 Å².